The predicted octanol–water partition coefficient (Wildman–Crippen LogP) is 6.25. The Morgan fingerprint density at radius 1 is 1.00 bits per heavy atom. The number of hydrogen-bond acceptors (Lipinski definition) is 4. The van der Waals surface area contributed by atoms with Crippen LogP contribution in [0.2, 0.25) is 10.0 Å². The normalized spacial score (nSPS) is 17.5. The minimum Gasteiger partial charge on any atom is -0.507 e. The lowest BCUT2D eigenvalue weighted by molar-refractivity contribution is -0.132. The first-order chi connectivity index (χ1) is 15.7. The average Bonchev–Trinajstić information content (AvgIpc) is 3.03. The van der Waals surface area contributed by atoms with Crippen LogP contribution in [0.25, 0.3) is 5.76 Å². The molecule has 0 radical (unpaired) electrons. The second kappa shape index (κ2) is 8.93. The van der Waals surface area contributed by atoms with Crippen LogP contribution in [-0.4, -0.2) is 23.9 Å². The molecule has 1 atom stereocenters. The highest BCUT2D eigenvalue weighted by molar-refractivity contribution is 6.52. The van der Waals surface area contributed by atoms with E-state index < -0.39 is 23.5 Å². The Kier molecular flexibility index (Phi) is 6.19. The van der Waals surface area contributed by atoms with Crippen LogP contribution in [-0.2, 0) is 9.59 Å². The van der Waals surface area contributed by atoms with Crippen LogP contribution in [0.15, 0.2) is 66.2 Å². The van der Waals surface area contributed by atoms with E-state index in [-0.39, 0.29) is 26.9 Å². The quantitative estimate of drug-likeness (QED) is 0.271. The number of methoxy groups -OCH3 is 1. The molecule has 0 aliphatic carbocycles. The molecule has 0 saturated carbocycles. The molecule has 1 saturated heterocycles. The lowest BCUT2D eigenvalue weighted by atomic mass is 9.92. The van der Waals surface area contributed by atoms with E-state index in [4.69, 9.17) is 27.9 Å². The number of carbonyl (C=O) groups excluding carboxylic acids is 2. The Labute approximate surface area is 201 Å². The Bertz CT molecular complexity index is 1320. The monoisotopic (exact) mass is 481 g/mol. The van der Waals surface area contributed by atoms with Crippen LogP contribution in [0.1, 0.15) is 28.3 Å². The lowest BCUT2D eigenvalue weighted by Gasteiger charge is -2.27. The van der Waals surface area contributed by atoms with Gasteiger partial charge in [0.15, 0.2) is 0 Å². The van der Waals surface area contributed by atoms with Gasteiger partial charge in [0.1, 0.15) is 11.5 Å². The van der Waals surface area contributed by atoms with Crippen molar-refractivity contribution in [2.45, 2.75) is 19.9 Å². The number of ether oxygens (including phenoxy) is 1. The van der Waals surface area contributed by atoms with E-state index in [9.17, 15) is 14.7 Å². The number of Topliss-reactive ketones (excluding diaryl/α,β-unsaturated/α-hetero) is 1. The third kappa shape index (κ3) is 3.99. The number of benzene rings is 3. The average molecular weight is 482 g/mol. The van der Waals surface area contributed by atoms with E-state index in [0.717, 1.165) is 11.1 Å². The van der Waals surface area contributed by atoms with E-state index >= 15 is 0 Å². The summed E-state index contributed by atoms with van der Waals surface area (Å²) in [5.41, 5.74) is 3.14. The van der Waals surface area contributed by atoms with Gasteiger partial charge in [-0.3, -0.25) is 14.5 Å². The predicted molar refractivity (Wildman–Crippen MR) is 130 cm³/mol. The molecule has 33 heavy (non-hydrogen) atoms. The number of anilines is 1. The minimum atomic E-state index is -0.851. The van der Waals surface area contributed by atoms with Gasteiger partial charge in [-0.15, -0.1) is 0 Å². The van der Waals surface area contributed by atoms with Crippen molar-refractivity contribution >= 4 is 46.3 Å². The molecule has 1 heterocycles. The van der Waals surface area contributed by atoms with Crippen molar-refractivity contribution in [1.29, 1.82) is 0 Å². The SMILES string of the molecule is COc1c(Cl)cc(Cl)cc1/C(O)=C1\C(=O)C(=O)N(c2cccc(C)c2)C1c1ccccc1C. The molecule has 1 unspecified atom stereocenters. The van der Waals surface area contributed by atoms with Gasteiger partial charge in [-0.05, 0) is 54.8 Å². The summed E-state index contributed by atoms with van der Waals surface area (Å²) in [6, 6.07) is 16.8. The number of hydrogen-bond donors (Lipinski definition) is 1. The lowest BCUT2D eigenvalue weighted by Crippen LogP contribution is -2.29. The number of aliphatic hydroxyl groups excluding tert-OH is 1. The first kappa shape index (κ1) is 22.9. The molecule has 7 heteroatoms. The smallest absolute Gasteiger partial charge is 0.300 e. The highest BCUT2D eigenvalue weighted by Crippen LogP contribution is 2.45. The molecule has 1 aliphatic rings. The summed E-state index contributed by atoms with van der Waals surface area (Å²) in [7, 11) is 1.40. The first-order valence-corrected chi connectivity index (χ1v) is 11.0. The highest BCUT2D eigenvalue weighted by Gasteiger charge is 2.47. The van der Waals surface area contributed by atoms with Crippen LogP contribution in [0.3, 0.4) is 0 Å². The van der Waals surface area contributed by atoms with Crippen LogP contribution >= 0.6 is 23.2 Å². The molecule has 5 nitrogen and oxygen atoms in total. The van der Waals surface area contributed by atoms with Gasteiger partial charge in [0, 0.05) is 10.7 Å². The summed E-state index contributed by atoms with van der Waals surface area (Å²) < 4.78 is 5.37. The fourth-order valence-corrected chi connectivity index (χ4v) is 4.72. The zero-order valence-corrected chi connectivity index (χ0v) is 19.7. The van der Waals surface area contributed by atoms with Crippen molar-refractivity contribution in [1.82, 2.24) is 0 Å². The number of amides is 1. The molecule has 1 aliphatic heterocycles. The second-order valence-corrected chi connectivity index (χ2v) is 8.68. The van der Waals surface area contributed by atoms with Crippen molar-refractivity contribution < 1.29 is 19.4 Å². The van der Waals surface area contributed by atoms with Crippen LogP contribution in [0.4, 0.5) is 5.69 Å². The van der Waals surface area contributed by atoms with Gasteiger partial charge in [0.25, 0.3) is 11.7 Å². The molecule has 3 aromatic carbocycles. The van der Waals surface area contributed by atoms with E-state index in [0.29, 0.717) is 11.3 Å². The fraction of sp³-hybridized carbons (Fsp3) is 0.154. The van der Waals surface area contributed by atoms with E-state index in [2.05, 4.69) is 0 Å². The van der Waals surface area contributed by atoms with Crippen molar-refractivity contribution in [3.63, 3.8) is 0 Å². The van der Waals surface area contributed by atoms with Gasteiger partial charge >= 0.3 is 0 Å². The van der Waals surface area contributed by atoms with Crippen LogP contribution < -0.4 is 9.64 Å². The largest absolute Gasteiger partial charge is 0.507 e. The highest BCUT2D eigenvalue weighted by atomic mass is 35.5. The number of rotatable bonds is 4. The molecule has 3 aromatic rings. The molecule has 168 valence electrons. The number of halogens is 2. The first-order valence-electron chi connectivity index (χ1n) is 10.2. The van der Waals surface area contributed by atoms with Crippen molar-refractivity contribution in [2.24, 2.45) is 0 Å². The summed E-state index contributed by atoms with van der Waals surface area (Å²) in [4.78, 5) is 28.1. The molecule has 1 fully saturated rings. The standard InChI is InChI=1S/C26H21Cl2NO4/c1-14-7-6-9-17(11-14)29-22(18-10-5-4-8-15(18)2)21(24(31)26(29)32)23(30)19-12-16(27)13-20(28)25(19)33-3/h4-13,22,30H,1-3H3/b23-21+. The van der Waals surface area contributed by atoms with Gasteiger partial charge < -0.3 is 9.84 Å². The molecule has 1 N–H and O–H groups in total. The van der Waals surface area contributed by atoms with E-state index in [1.54, 1.807) is 6.07 Å². The number of nitrogens with zero attached hydrogens (tertiary/aromatic N) is 1. The Morgan fingerprint density at radius 3 is 2.39 bits per heavy atom. The van der Waals surface area contributed by atoms with Gasteiger partial charge in [-0.25, -0.2) is 0 Å². The number of carbonyl (C=O) groups is 2. The van der Waals surface area contributed by atoms with Gasteiger partial charge in [0.05, 0.1) is 29.3 Å². The second-order valence-electron chi connectivity index (χ2n) is 7.83. The maximum atomic E-state index is 13.3. The summed E-state index contributed by atoms with van der Waals surface area (Å²) in [5.74, 6) is -1.79. The number of ketones is 1. The van der Waals surface area contributed by atoms with Crippen molar-refractivity contribution in [3.8, 4) is 5.75 Å². The van der Waals surface area contributed by atoms with Gasteiger partial charge in [-0.1, -0.05) is 59.6 Å². The maximum Gasteiger partial charge on any atom is 0.300 e. The Morgan fingerprint density at radius 2 is 1.73 bits per heavy atom. The van der Waals surface area contributed by atoms with E-state index in [1.165, 1.54) is 24.1 Å². The summed E-state index contributed by atoms with van der Waals surface area (Å²) >= 11 is 12.4. The topological polar surface area (TPSA) is 66.8 Å². The molecule has 0 bridgehead atoms. The molecular formula is C26H21Cl2NO4. The van der Waals surface area contributed by atoms with Gasteiger partial charge in [0.2, 0.25) is 0 Å². The minimum absolute atomic E-state index is 0.0626. The van der Waals surface area contributed by atoms with Crippen molar-refractivity contribution in [3.05, 3.63) is 98.5 Å². The van der Waals surface area contributed by atoms with E-state index in [1.807, 2.05) is 56.3 Å². The van der Waals surface area contributed by atoms with Crippen LogP contribution in [0, 0.1) is 13.8 Å². The zero-order valence-electron chi connectivity index (χ0n) is 18.2. The fourth-order valence-electron chi connectivity index (χ4n) is 4.15. The third-order valence-electron chi connectivity index (χ3n) is 5.67. The molecule has 0 aromatic heterocycles. The summed E-state index contributed by atoms with van der Waals surface area (Å²) in [6.45, 7) is 3.80. The van der Waals surface area contributed by atoms with Crippen LogP contribution in [0.5, 0.6) is 5.75 Å². The molecule has 0 spiro atoms. The number of aliphatic hydroxyl groups is 1. The molecule has 4 rings (SSSR count). The summed E-state index contributed by atoms with van der Waals surface area (Å²) in [5, 5.41) is 11.8. The van der Waals surface area contributed by atoms with Crippen molar-refractivity contribution in [2.75, 3.05) is 12.0 Å². The maximum absolute atomic E-state index is 13.3. The number of aryl methyl sites for hydroxylation is 2. The molecular weight excluding hydrogens is 461 g/mol. The van der Waals surface area contributed by atoms with Gasteiger partial charge in [-0.2, -0.15) is 0 Å². The third-order valence-corrected chi connectivity index (χ3v) is 6.17. The Hall–Kier alpha value is -3.28. The summed E-state index contributed by atoms with van der Waals surface area (Å²) in [6.07, 6.45) is 0. The Balaban J connectivity index is 2.04. The molecule has 1 amide bonds. The zero-order chi connectivity index (χ0) is 23.9.